The zero-order valence-electron chi connectivity index (χ0n) is 12.3. The Hall–Kier alpha value is -1.12. The standard InChI is InChI=1S/C13H23N5O2S/c1-2-18-9-12(13(14)15-18)21(19,20)16-10-6-8-17-7-4-3-5-11(10)17/h9-11,16H,2-8H2,1H3,(H2,14,15). The van der Waals surface area contributed by atoms with Gasteiger partial charge in [-0.25, -0.2) is 13.1 Å². The fraction of sp³-hybridized carbons (Fsp3) is 0.769. The van der Waals surface area contributed by atoms with E-state index in [4.69, 9.17) is 5.73 Å². The van der Waals surface area contributed by atoms with Crippen molar-refractivity contribution in [2.45, 2.75) is 56.1 Å². The third-order valence-electron chi connectivity index (χ3n) is 4.53. The first kappa shape index (κ1) is 14.8. The minimum atomic E-state index is -3.60. The highest BCUT2D eigenvalue weighted by Crippen LogP contribution is 2.28. The Bertz CT molecular complexity index is 612. The number of nitrogens with zero attached hydrogens (tertiary/aromatic N) is 3. The summed E-state index contributed by atoms with van der Waals surface area (Å²) in [6, 6.07) is 0.315. The van der Waals surface area contributed by atoms with E-state index in [1.165, 1.54) is 19.0 Å². The van der Waals surface area contributed by atoms with E-state index < -0.39 is 10.0 Å². The molecule has 8 heteroatoms. The minimum absolute atomic E-state index is 0.0142. The second kappa shape index (κ2) is 5.58. The van der Waals surface area contributed by atoms with Gasteiger partial charge >= 0.3 is 0 Å². The SMILES string of the molecule is CCn1cc(S(=O)(=O)NC2CCN3CCCCC23)c(N)n1. The molecule has 0 amide bonds. The van der Waals surface area contributed by atoms with Crippen molar-refractivity contribution >= 4 is 15.8 Å². The number of aromatic nitrogens is 2. The van der Waals surface area contributed by atoms with Crippen LogP contribution in [0.15, 0.2) is 11.1 Å². The Morgan fingerprint density at radius 2 is 2.19 bits per heavy atom. The molecule has 0 radical (unpaired) electrons. The maximum Gasteiger partial charge on any atom is 0.246 e. The molecule has 2 unspecified atom stereocenters. The number of piperidine rings is 1. The highest BCUT2D eigenvalue weighted by atomic mass is 32.2. The Morgan fingerprint density at radius 1 is 1.38 bits per heavy atom. The van der Waals surface area contributed by atoms with Gasteiger partial charge in [-0.15, -0.1) is 0 Å². The van der Waals surface area contributed by atoms with Crippen LogP contribution in [0.4, 0.5) is 5.82 Å². The van der Waals surface area contributed by atoms with Crippen LogP contribution in [0.25, 0.3) is 0 Å². The molecule has 0 saturated carbocycles. The summed E-state index contributed by atoms with van der Waals surface area (Å²) in [5, 5.41) is 4.02. The zero-order valence-corrected chi connectivity index (χ0v) is 13.1. The van der Waals surface area contributed by atoms with Gasteiger partial charge in [-0.2, -0.15) is 5.10 Å². The van der Waals surface area contributed by atoms with Crippen LogP contribution in [0.2, 0.25) is 0 Å². The van der Waals surface area contributed by atoms with Crippen molar-refractivity contribution in [1.82, 2.24) is 19.4 Å². The van der Waals surface area contributed by atoms with Gasteiger partial charge < -0.3 is 5.73 Å². The molecule has 2 saturated heterocycles. The fourth-order valence-corrected chi connectivity index (χ4v) is 4.81. The Balaban J connectivity index is 1.78. The summed E-state index contributed by atoms with van der Waals surface area (Å²) in [6.45, 7) is 4.55. The molecule has 3 rings (SSSR count). The van der Waals surface area contributed by atoms with Crippen molar-refractivity contribution in [3.05, 3.63) is 6.20 Å². The van der Waals surface area contributed by atoms with Crippen molar-refractivity contribution in [3.8, 4) is 0 Å². The van der Waals surface area contributed by atoms with Crippen LogP contribution in [0, 0.1) is 0 Å². The van der Waals surface area contributed by atoms with Crippen molar-refractivity contribution in [2.24, 2.45) is 0 Å². The minimum Gasteiger partial charge on any atom is -0.381 e. The molecule has 0 aliphatic carbocycles. The third-order valence-corrected chi connectivity index (χ3v) is 6.04. The fourth-order valence-electron chi connectivity index (χ4n) is 3.43. The van der Waals surface area contributed by atoms with E-state index in [1.54, 1.807) is 4.68 Å². The normalized spacial score (nSPS) is 26.9. The quantitative estimate of drug-likeness (QED) is 0.839. The second-order valence-electron chi connectivity index (χ2n) is 5.85. The van der Waals surface area contributed by atoms with Gasteiger partial charge in [-0.3, -0.25) is 9.58 Å². The number of sulfonamides is 1. The first-order valence-electron chi connectivity index (χ1n) is 7.60. The van der Waals surface area contributed by atoms with Gasteiger partial charge in [0.15, 0.2) is 5.82 Å². The first-order valence-corrected chi connectivity index (χ1v) is 9.09. The highest BCUT2D eigenvalue weighted by Gasteiger charge is 2.38. The van der Waals surface area contributed by atoms with Gasteiger partial charge in [0.25, 0.3) is 0 Å². The van der Waals surface area contributed by atoms with Gasteiger partial charge in [0.1, 0.15) is 4.90 Å². The third kappa shape index (κ3) is 2.79. The summed E-state index contributed by atoms with van der Waals surface area (Å²) >= 11 is 0. The summed E-state index contributed by atoms with van der Waals surface area (Å²) in [5.41, 5.74) is 5.75. The number of aryl methyl sites for hydroxylation is 1. The summed E-state index contributed by atoms with van der Waals surface area (Å²) in [5.74, 6) is 0.0721. The largest absolute Gasteiger partial charge is 0.381 e. The predicted molar refractivity (Wildman–Crippen MR) is 80.3 cm³/mol. The maximum absolute atomic E-state index is 12.5. The number of fused-ring (bicyclic) bond motifs is 1. The molecule has 21 heavy (non-hydrogen) atoms. The van der Waals surface area contributed by atoms with E-state index in [9.17, 15) is 8.42 Å². The van der Waals surface area contributed by atoms with Gasteiger partial charge in [0, 0.05) is 31.4 Å². The van der Waals surface area contributed by atoms with Crippen molar-refractivity contribution < 1.29 is 8.42 Å². The van der Waals surface area contributed by atoms with Gasteiger partial charge in [0.2, 0.25) is 10.0 Å². The van der Waals surface area contributed by atoms with E-state index >= 15 is 0 Å². The molecular weight excluding hydrogens is 290 g/mol. The smallest absolute Gasteiger partial charge is 0.246 e. The number of hydrogen-bond acceptors (Lipinski definition) is 5. The molecule has 7 nitrogen and oxygen atoms in total. The molecule has 0 aromatic carbocycles. The lowest BCUT2D eigenvalue weighted by Crippen LogP contribution is -2.46. The summed E-state index contributed by atoms with van der Waals surface area (Å²) in [6.07, 6.45) is 5.83. The molecule has 2 aliphatic rings. The molecule has 0 spiro atoms. The van der Waals surface area contributed by atoms with Crippen LogP contribution in [0.1, 0.15) is 32.6 Å². The lowest BCUT2D eigenvalue weighted by Gasteiger charge is -2.32. The van der Waals surface area contributed by atoms with Crippen molar-refractivity contribution in [2.75, 3.05) is 18.8 Å². The topological polar surface area (TPSA) is 93.2 Å². The molecule has 2 aliphatic heterocycles. The molecule has 1 aromatic rings. The average Bonchev–Trinajstić information content (AvgIpc) is 3.03. The molecular formula is C13H23N5O2S. The van der Waals surface area contributed by atoms with E-state index in [0.29, 0.717) is 12.6 Å². The second-order valence-corrected chi connectivity index (χ2v) is 7.53. The van der Waals surface area contributed by atoms with Crippen LogP contribution in [-0.4, -0.2) is 48.3 Å². The van der Waals surface area contributed by atoms with Crippen molar-refractivity contribution in [1.29, 1.82) is 0 Å². The Labute approximate surface area is 125 Å². The molecule has 3 N–H and O–H groups in total. The first-order chi connectivity index (χ1) is 10.0. The number of rotatable bonds is 4. The van der Waals surface area contributed by atoms with Crippen LogP contribution >= 0.6 is 0 Å². The van der Waals surface area contributed by atoms with Gasteiger partial charge in [0.05, 0.1) is 0 Å². The summed E-state index contributed by atoms with van der Waals surface area (Å²) in [7, 11) is -3.60. The van der Waals surface area contributed by atoms with Crippen molar-refractivity contribution in [3.63, 3.8) is 0 Å². The molecule has 1 aromatic heterocycles. The number of hydrogen-bond donors (Lipinski definition) is 2. The Morgan fingerprint density at radius 3 is 2.90 bits per heavy atom. The van der Waals surface area contributed by atoms with Crippen LogP contribution < -0.4 is 10.5 Å². The Kier molecular flexibility index (Phi) is 3.94. The van der Waals surface area contributed by atoms with Crippen LogP contribution in [0.3, 0.4) is 0 Å². The van der Waals surface area contributed by atoms with E-state index in [1.807, 2.05) is 6.92 Å². The predicted octanol–water partition coefficient (Wildman–Crippen LogP) is 0.390. The summed E-state index contributed by atoms with van der Waals surface area (Å²) < 4.78 is 29.5. The van der Waals surface area contributed by atoms with Crippen LogP contribution in [0.5, 0.6) is 0 Å². The summed E-state index contributed by atoms with van der Waals surface area (Å²) in [4.78, 5) is 2.49. The number of nitrogen functional groups attached to an aromatic ring is 1. The number of nitrogens with one attached hydrogen (secondary N) is 1. The monoisotopic (exact) mass is 313 g/mol. The average molecular weight is 313 g/mol. The van der Waals surface area contributed by atoms with E-state index in [0.717, 1.165) is 25.9 Å². The number of nitrogens with two attached hydrogens (primary N) is 1. The zero-order chi connectivity index (χ0) is 15.0. The van der Waals surface area contributed by atoms with E-state index in [2.05, 4.69) is 14.7 Å². The lowest BCUT2D eigenvalue weighted by molar-refractivity contribution is 0.186. The molecule has 0 bridgehead atoms. The molecule has 2 atom stereocenters. The van der Waals surface area contributed by atoms with Gasteiger partial charge in [-0.05, 0) is 32.7 Å². The molecule has 2 fully saturated rings. The number of anilines is 1. The lowest BCUT2D eigenvalue weighted by atomic mass is 10.00. The highest BCUT2D eigenvalue weighted by molar-refractivity contribution is 7.89. The van der Waals surface area contributed by atoms with Gasteiger partial charge in [-0.1, -0.05) is 6.42 Å². The maximum atomic E-state index is 12.5. The molecule has 3 heterocycles. The van der Waals surface area contributed by atoms with Crippen LogP contribution in [-0.2, 0) is 16.6 Å². The van der Waals surface area contributed by atoms with E-state index in [-0.39, 0.29) is 16.8 Å². The molecule has 118 valence electrons.